The third kappa shape index (κ3) is 2.86. The number of rotatable bonds is 4. The number of hydrogen-bond acceptors (Lipinski definition) is 3. The molecule has 0 unspecified atom stereocenters. The summed E-state index contributed by atoms with van der Waals surface area (Å²) in [6.07, 6.45) is 4.26. The maximum Gasteiger partial charge on any atom is 0.137 e. The number of ether oxygens (including phenoxy) is 1. The molecule has 1 aliphatic carbocycles. The first-order chi connectivity index (χ1) is 7.12. The molecule has 0 aliphatic heterocycles. The third-order valence-corrected chi connectivity index (χ3v) is 3.17. The summed E-state index contributed by atoms with van der Waals surface area (Å²) in [7, 11) is 4.23. The van der Waals surface area contributed by atoms with Crippen LogP contribution in [0.15, 0.2) is 18.3 Å². The van der Waals surface area contributed by atoms with Crippen LogP contribution < -0.4 is 4.74 Å². The Labute approximate surface area is 103 Å². The number of nitrogens with zero attached hydrogens (tertiary/aromatic N) is 2. The summed E-state index contributed by atoms with van der Waals surface area (Å²) in [5.74, 6) is 0.869. The second-order valence-corrected chi connectivity index (χ2v) is 4.54. The smallest absolute Gasteiger partial charge is 0.137 e. The number of likely N-dealkylation sites (N-methyl/N-ethyl adjacent to an activating group) is 1. The number of hydrogen-bond donors (Lipinski definition) is 0. The van der Waals surface area contributed by atoms with E-state index in [0.717, 1.165) is 18.1 Å². The first-order valence-corrected chi connectivity index (χ1v) is 5.35. The topological polar surface area (TPSA) is 25.4 Å². The van der Waals surface area contributed by atoms with Gasteiger partial charge in [-0.1, -0.05) is 0 Å². The molecule has 0 atom stereocenters. The Kier molecular flexibility index (Phi) is 4.16. The van der Waals surface area contributed by atoms with Gasteiger partial charge in [-0.15, -0.1) is 12.4 Å². The van der Waals surface area contributed by atoms with Gasteiger partial charge in [0.05, 0.1) is 11.7 Å². The minimum atomic E-state index is 0. The molecule has 0 spiro atoms. The van der Waals surface area contributed by atoms with Gasteiger partial charge in [0, 0.05) is 5.69 Å². The van der Waals surface area contributed by atoms with Crippen molar-refractivity contribution in [1.82, 2.24) is 9.88 Å². The number of halogens is 1. The Hall–Kier alpha value is -0.800. The highest BCUT2D eigenvalue weighted by atomic mass is 35.5. The molecule has 1 fully saturated rings. The SMILES string of the molecule is Cc1ccc(OCC2(N(C)C)CC2)cn1.Cl. The van der Waals surface area contributed by atoms with Gasteiger partial charge in [0.2, 0.25) is 0 Å². The predicted octanol–water partition coefficient (Wildman–Crippen LogP) is 2.28. The average molecular weight is 243 g/mol. The van der Waals surface area contributed by atoms with Gasteiger partial charge in [-0.2, -0.15) is 0 Å². The molecule has 1 aliphatic rings. The van der Waals surface area contributed by atoms with E-state index in [2.05, 4.69) is 24.0 Å². The maximum absolute atomic E-state index is 5.75. The van der Waals surface area contributed by atoms with E-state index in [0.29, 0.717) is 0 Å². The summed E-state index contributed by atoms with van der Waals surface area (Å²) in [5, 5.41) is 0. The van der Waals surface area contributed by atoms with Crippen LogP contribution in [0, 0.1) is 6.92 Å². The Balaban J connectivity index is 0.00000128. The quantitative estimate of drug-likeness (QED) is 0.810. The molecular formula is C12H19ClN2O. The van der Waals surface area contributed by atoms with Gasteiger partial charge < -0.3 is 9.64 Å². The van der Waals surface area contributed by atoms with E-state index < -0.39 is 0 Å². The lowest BCUT2D eigenvalue weighted by atomic mass is 10.3. The molecule has 0 aromatic carbocycles. The van der Waals surface area contributed by atoms with Gasteiger partial charge in [0.25, 0.3) is 0 Å². The van der Waals surface area contributed by atoms with Crippen LogP contribution in [-0.2, 0) is 0 Å². The molecule has 1 aromatic heterocycles. The van der Waals surface area contributed by atoms with Gasteiger partial charge in [-0.05, 0) is 46.0 Å². The summed E-state index contributed by atoms with van der Waals surface area (Å²) in [6.45, 7) is 2.75. The van der Waals surface area contributed by atoms with Crippen molar-refractivity contribution < 1.29 is 4.74 Å². The van der Waals surface area contributed by atoms with E-state index in [1.54, 1.807) is 6.20 Å². The third-order valence-electron chi connectivity index (χ3n) is 3.17. The van der Waals surface area contributed by atoms with E-state index >= 15 is 0 Å². The van der Waals surface area contributed by atoms with Crippen LogP contribution in [0.3, 0.4) is 0 Å². The molecule has 0 saturated heterocycles. The summed E-state index contributed by atoms with van der Waals surface area (Å²) in [6, 6.07) is 3.96. The van der Waals surface area contributed by atoms with Crippen molar-refractivity contribution in [2.24, 2.45) is 0 Å². The Morgan fingerprint density at radius 1 is 1.38 bits per heavy atom. The minimum absolute atomic E-state index is 0. The molecule has 0 amide bonds. The first-order valence-electron chi connectivity index (χ1n) is 5.35. The van der Waals surface area contributed by atoms with Crippen molar-refractivity contribution >= 4 is 12.4 Å². The highest BCUT2D eigenvalue weighted by Gasteiger charge is 2.45. The standard InChI is InChI=1S/C12H18N2O.ClH/c1-10-4-5-11(8-13-10)15-9-12(6-7-12)14(2)3;/h4-5,8H,6-7,9H2,1-3H3;1H. The van der Waals surface area contributed by atoms with E-state index in [1.165, 1.54) is 12.8 Å². The highest BCUT2D eigenvalue weighted by molar-refractivity contribution is 5.85. The Bertz CT molecular complexity index is 333. The lowest BCUT2D eigenvalue weighted by Crippen LogP contribution is -2.35. The summed E-state index contributed by atoms with van der Waals surface area (Å²) < 4.78 is 5.75. The zero-order valence-corrected chi connectivity index (χ0v) is 10.9. The minimum Gasteiger partial charge on any atom is -0.490 e. The van der Waals surface area contributed by atoms with Crippen molar-refractivity contribution in [1.29, 1.82) is 0 Å². The van der Waals surface area contributed by atoms with Crippen molar-refractivity contribution in [3.8, 4) is 5.75 Å². The molecule has 90 valence electrons. The lowest BCUT2D eigenvalue weighted by Gasteiger charge is -2.23. The fraction of sp³-hybridized carbons (Fsp3) is 0.583. The normalized spacial score (nSPS) is 16.8. The van der Waals surface area contributed by atoms with Crippen molar-refractivity contribution in [2.75, 3.05) is 20.7 Å². The first kappa shape index (κ1) is 13.3. The van der Waals surface area contributed by atoms with Crippen LogP contribution in [-0.4, -0.2) is 36.1 Å². The Morgan fingerprint density at radius 3 is 2.50 bits per heavy atom. The maximum atomic E-state index is 5.75. The predicted molar refractivity (Wildman–Crippen MR) is 67.4 cm³/mol. The van der Waals surface area contributed by atoms with Crippen LogP contribution in [0.5, 0.6) is 5.75 Å². The molecule has 0 N–H and O–H groups in total. The number of aryl methyl sites for hydroxylation is 1. The van der Waals surface area contributed by atoms with E-state index in [1.807, 2.05) is 19.1 Å². The van der Waals surface area contributed by atoms with Crippen LogP contribution >= 0.6 is 12.4 Å². The van der Waals surface area contributed by atoms with Crippen LogP contribution in [0.4, 0.5) is 0 Å². The fourth-order valence-electron chi connectivity index (χ4n) is 1.62. The van der Waals surface area contributed by atoms with Crippen molar-refractivity contribution in [3.05, 3.63) is 24.0 Å². The fourth-order valence-corrected chi connectivity index (χ4v) is 1.62. The van der Waals surface area contributed by atoms with Gasteiger partial charge in [-0.25, -0.2) is 0 Å². The molecule has 0 bridgehead atoms. The molecule has 16 heavy (non-hydrogen) atoms. The molecule has 2 rings (SSSR count). The second-order valence-electron chi connectivity index (χ2n) is 4.54. The van der Waals surface area contributed by atoms with Gasteiger partial charge >= 0.3 is 0 Å². The average Bonchev–Trinajstić information content (AvgIpc) is 2.98. The largest absolute Gasteiger partial charge is 0.490 e. The van der Waals surface area contributed by atoms with Gasteiger partial charge in [0.1, 0.15) is 12.4 Å². The van der Waals surface area contributed by atoms with E-state index in [9.17, 15) is 0 Å². The number of pyridine rings is 1. The molecule has 1 heterocycles. The second kappa shape index (κ2) is 5.02. The zero-order chi connectivity index (χ0) is 10.9. The van der Waals surface area contributed by atoms with Crippen molar-refractivity contribution in [2.45, 2.75) is 25.3 Å². The lowest BCUT2D eigenvalue weighted by molar-refractivity contribution is 0.167. The summed E-state index contributed by atoms with van der Waals surface area (Å²) in [4.78, 5) is 6.46. The summed E-state index contributed by atoms with van der Waals surface area (Å²) in [5.41, 5.74) is 1.31. The van der Waals surface area contributed by atoms with Crippen LogP contribution in [0.2, 0.25) is 0 Å². The zero-order valence-electron chi connectivity index (χ0n) is 10.1. The number of aromatic nitrogens is 1. The Morgan fingerprint density at radius 2 is 2.06 bits per heavy atom. The van der Waals surface area contributed by atoms with Gasteiger partial charge in [0.15, 0.2) is 0 Å². The van der Waals surface area contributed by atoms with Crippen molar-refractivity contribution in [3.63, 3.8) is 0 Å². The highest BCUT2D eigenvalue weighted by Crippen LogP contribution is 2.40. The molecule has 3 nitrogen and oxygen atoms in total. The molecular weight excluding hydrogens is 224 g/mol. The summed E-state index contributed by atoms with van der Waals surface area (Å²) >= 11 is 0. The molecule has 0 radical (unpaired) electrons. The molecule has 4 heteroatoms. The van der Waals surface area contributed by atoms with Gasteiger partial charge in [-0.3, -0.25) is 4.98 Å². The van der Waals surface area contributed by atoms with E-state index in [-0.39, 0.29) is 17.9 Å². The molecule has 1 saturated carbocycles. The van der Waals surface area contributed by atoms with Crippen LogP contribution in [0.25, 0.3) is 0 Å². The molecule has 1 aromatic rings. The van der Waals surface area contributed by atoms with E-state index in [4.69, 9.17) is 4.74 Å². The van der Waals surface area contributed by atoms with Crippen LogP contribution in [0.1, 0.15) is 18.5 Å². The monoisotopic (exact) mass is 242 g/mol.